The van der Waals surface area contributed by atoms with Gasteiger partial charge in [-0.25, -0.2) is 4.39 Å². The number of pyridine rings is 1. The SMILES string of the molecule is CN1C(=O)C[C@@H](CNCc2cc(Cl)ccc2F)[C@@H]1c1cccnc1. The Kier molecular flexibility index (Phi) is 5.11. The van der Waals surface area contributed by atoms with Crippen molar-refractivity contribution in [3.63, 3.8) is 0 Å². The van der Waals surface area contributed by atoms with Crippen molar-refractivity contribution in [3.8, 4) is 0 Å². The molecule has 6 heteroatoms. The summed E-state index contributed by atoms with van der Waals surface area (Å²) in [6.07, 6.45) is 3.99. The van der Waals surface area contributed by atoms with E-state index in [9.17, 15) is 9.18 Å². The number of carbonyl (C=O) groups excluding carboxylic acids is 1. The Labute approximate surface area is 145 Å². The van der Waals surface area contributed by atoms with Crippen LogP contribution in [0.1, 0.15) is 23.6 Å². The number of hydrogen-bond donors (Lipinski definition) is 1. The molecule has 1 amide bonds. The van der Waals surface area contributed by atoms with Crippen LogP contribution in [0.25, 0.3) is 0 Å². The highest BCUT2D eigenvalue weighted by atomic mass is 35.5. The number of hydrogen-bond acceptors (Lipinski definition) is 3. The normalized spacial score (nSPS) is 20.6. The Morgan fingerprint density at radius 3 is 3.00 bits per heavy atom. The lowest BCUT2D eigenvalue weighted by atomic mass is 9.94. The zero-order valence-electron chi connectivity index (χ0n) is 13.4. The Balaban J connectivity index is 1.67. The largest absolute Gasteiger partial charge is 0.338 e. The smallest absolute Gasteiger partial charge is 0.223 e. The summed E-state index contributed by atoms with van der Waals surface area (Å²) in [5, 5.41) is 3.77. The average Bonchev–Trinajstić information content (AvgIpc) is 2.86. The fourth-order valence-electron chi connectivity index (χ4n) is 3.25. The molecule has 2 atom stereocenters. The third-order valence-electron chi connectivity index (χ3n) is 4.45. The summed E-state index contributed by atoms with van der Waals surface area (Å²) in [7, 11) is 1.82. The first-order chi connectivity index (χ1) is 11.6. The van der Waals surface area contributed by atoms with Crippen molar-refractivity contribution in [3.05, 3.63) is 64.7 Å². The molecule has 1 aromatic heterocycles. The molecule has 0 aliphatic carbocycles. The van der Waals surface area contributed by atoms with Crippen molar-refractivity contribution in [2.24, 2.45) is 5.92 Å². The molecule has 1 N–H and O–H groups in total. The molecule has 0 saturated carbocycles. The van der Waals surface area contributed by atoms with E-state index in [1.54, 1.807) is 23.4 Å². The van der Waals surface area contributed by atoms with Gasteiger partial charge in [-0.1, -0.05) is 17.7 Å². The van der Waals surface area contributed by atoms with Crippen LogP contribution in [-0.4, -0.2) is 29.4 Å². The third-order valence-corrected chi connectivity index (χ3v) is 4.68. The maximum absolute atomic E-state index is 13.8. The van der Waals surface area contributed by atoms with Crippen LogP contribution in [0.5, 0.6) is 0 Å². The predicted octanol–water partition coefficient (Wildman–Crippen LogP) is 3.18. The molecule has 1 aromatic carbocycles. The van der Waals surface area contributed by atoms with E-state index < -0.39 is 0 Å². The lowest BCUT2D eigenvalue weighted by Crippen LogP contribution is -2.29. The van der Waals surface area contributed by atoms with Crippen LogP contribution < -0.4 is 5.32 Å². The maximum Gasteiger partial charge on any atom is 0.223 e. The van der Waals surface area contributed by atoms with Gasteiger partial charge in [-0.2, -0.15) is 0 Å². The van der Waals surface area contributed by atoms with Crippen LogP contribution in [0.15, 0.2) is 42.7 Å². The van der Waals surface area contributed by atoms with Gasteiger partial charge in [-0.3, -0.25) is 9.78 Å². The van der Waals surface area contributed by atoms with Crippen molar-refractivity contribution in [1.29, 1.82) is 0 Å². The number of benzene rings is 1. The minimum absolute atomic E-state index is 0.0112. The molecular weight excluding hydrogens is 329 g/mol. The van der Waals surface area contributed by atoms with Gasteiger partial charge >= 0.3 is 0 Å². The third kappa shape index (κ3) is 3.57. The molecule has 2 heterocycles. The number of nitrogens with one attached hydrogen (secondary N) is 1. The zero-order valence-corrected chi connectivity index (χ0v) is 14.1. The van der Waals surface area contributed by atoms with Gasteiger partial charge in [-0.15, -0.1) is 0 Å². The minimum Gasteiger partial charge on any atom is -0.338 e. The van der Waals surface area contributed by atoms with Crippen molar-refractivity contribution in [1.82, 2.24) is 15.2 Å². The van der Waals surface area contributed by atoms with E-state index in [0.717, 1.165) is 5.56 Å². The van der Waals surface area contributed by atoms with Crippen LogP contribution in [0.3, 0.4) is 0 Å². The molecule has 0 spiro atoms. The fraction of sp³-hybridized carbons (Fsp3) is 0.333. The summed E-state index contributed by atoms with van der Waals surface area (Å²) >= 11 is 5.91. The highest BCUT2D eigenvalue weighted by molar-refractivity contribution is 6.30. The van der Waals surface area contributed by atoms with Crippen molar-refractivity contribution in [2.45, 2.75) is 19.0 Å². The van der Waals surface area contributed by atoms with E-state index in [1.807, 2.05) is 19.2 Å². The van der Waals surface area contributed by atoms with Crippen LogP contribution in [0, 0.1) is 11.7 Å². The Bertz CT molecular complexity index is 725. The quantitative estimate of drug-likeness (QED) is 0.903. The number of carbonyl (C=O) groups is 1. The van der Waals surface area contributed by atoms with Gasteiger partial charge in [-0.05, 0) is 29.8 Å². The molecule has 0 bridgehead atoms. The molecule has 0 unspecified atom stereocenters. The Morgan fingerprint density at radius 2 is 2.25 bits per heavy atom. The zero-order chi connectivity index (χ0) is 17.1. The van der Waals surface area contributed by atoms with Gasteiger partial charge in [0.15, 0.2) is 0 Å². The van der Waals surface area contributed by atoms with Crippen LogP contribution in [-0.2, 0) is 11.3 Å². The molecule has 2 aromatic rings. The number of likely N-dealkylation sites (tertiary alicyclic amines) is 1. The number of aromatic nitrogens is 1. The van der Waals surface area contributed by atoms with Crippen LogP contribution in [0.4, 0.5) is 4.39 Å². The maximum atomic E-state index is 13.8. The predicted molar refractivity (Wildman–Crippen MR) is 91.0 cm³/mol. The number of halogens is 2. The van der Waals surface area contributed by atoms with Gasteiger partial charge in [0, 0.05) is 55.5 Å². The summed E-state index contributed by atoms with van der Waals surface area (Å²) < 4.78 is 13.8. The highest BCUT2D eigenvalue weighted by Gasteiger charge is 2.38. The van der Waals surface area contributed by atoms with Gasteiger partial charge in [0.1, 0.15) is 5.82 Å². The van der Waals surface area contributed by atoms with E-state index in [0.29, 0.717) is 30.1 Å². The standard InChI is InChI=1S/C18H19ClFN3O/c1-23-17(24)8-14(18(23)12-3-2-6-21-9-12)11-22-10-13-7-15(19)4-5-16(13)20/h2-7,9,14,18,22H,8,10-11H2,1H3/t14-,18-/m0/s1. The summed E-state index contributed by atoms with van der Waals surface area (Å²) in [4.78, 5) is 18.0. The van der Waals surface area contributed by atoms with E-state index in [1.165, 1.54) is 12.1 Å². The van der Waals surface area contributed by atoms with E-state index in [4.69, 9.17) is 11.6 Å². The molecule has 3 rings (SSSR count). The molecule has 4 nitrogen and oxygen atoms in total. The first kappa shape index (κ1) is 16.9. The second-order valence-corrected chi connectivity index (χ2v) is 6.50. The van der Waals surface area contributed by atoms with E-state index >= 15 is 0 Å². The van der Waals surface area contributed by atoms with Gasteiger partial charge in [0.05, 0.1) is 6.04 Å². The molecule has 126 valence electrons. The fourth-order valence-corrected chi connectivity index (χ4v) is 3.45. The second-order valence-electron chi connectivity index (χ2n) is 6.07. The van der Waals surface area contributed by atoms with Crippen molar-refractivity contribution in [2.75, 3.05) is 13.6 Å². The van der Waals surface area contributed by atoms with Gasteiger partial charge in [0.2, 0.25) is 5.91 Å². The minimum atomic E-state index is -0.282. The summed E-state index contributed by atoms with van der Waals surface area (Å²) in [5.41, 5.74) is 1.55. The summed E-state index contributed by atoms with van der Waals surface area (Å²) in [5.74, 6) is -0.0474. The second kappa shape index (κ2) is 7.28. The van der Waals surface area contributed by atoms with Crippen molar-refractivity contribution >= 4 is 17.5 Å². The van der Waals surface area contributed by atoms with Crippen LogP contribution in [0.2, 0.25) is 5.02 Å². The first-order valence-electron chi connectivity index (χ1n) is 7.86. The average molecular weight is 348 g/mol. The lowest BCUT2D eigenvalue weighted by molar-refractivity contribution is -0.127. The van der Waals surface area contributed by atoms with Gasteiger partial charge < -0.3 is 10.2 Å². The first-order valence-corrected chi connectivity index (χ1v) is 8.24. The van der Waals surface area contributed by atoms with Gasteiger partial charge in [0.25, 0.3) is 0 Å². The summed E-state index contributed by atoms with van der Waals surface area (Å²) in [6, 6.07) is 8.36. The van der Waals surface area contributed by atoms with E-state index in [2.05, 4.69) is 10.3 Å². The monoisotopic (exact) mass is 347 g/mol. The number of rotatable bonds is 5. The topological polar surface area (TPSA) is 45.2 Å². The summed E-state index contributed by atoms with van der Waals surface area (Å²) in [6.45, 7) is 0.988. The molecule has 24 heavy (non-hydrogen) atoms. The Hall–Kier alpha value is -1.98. The van der Waals surface area contributed by atoms with Crippen molar-refractivity contribution < 1.29 is 9.18 Å². The Morgan fingerprint density at radius 1 is 1.42 bits per heavy atom. The number of nitrogens with zero attached hydrogens (tertiary/aromatic N) is 2. The molecule has 1 aliphatic rings. The lowest BCUT2D eigenvalue weighted by Gasteiger charge is -2.25. The molecular formula is C18H19ClFN3O. The highest BCUT2D eigenvalue weighted by Crippen LogP contribution is 2.36. The molecule has 1 fully saturated rings. The number of amides is 1. The molecule has 1 aliphatic heterocycles. The van der Waals surface area contributed by atoms with Crippen LogP contribution >= 0.6 is 11.6 Å². The van der Waals surface area contributed by atoms with E-state index in [-0.39, 0.29) is 23.7 Å². The molecule has 0 radical (unpaired) electrons. The molecule has 1 saturated heterocycles.